The summed E-state index contributed by atoms with van der Waals surface area (Å²) in [6.07, 6.45) is 6.86. The molecule has 0 aliphatic heterocycles. The Bertz CT molecular complexity index is 3590. The van der Waals surface area contributed by atoms with E-state index in [9.17, 15) is 0 Å². The van der Waals surface area contributed by atoms with E-state index >= 15 is 0 Å². The first-order chi connectivity index (χ1) is 33.1. The summed E-state index contributed by atoms with van der Waals surface area (Å²) < 4.78 is 0. The zero-order chi connectivity index (χ0) is 46.5. The van der Waals surface area contributed by atoms with Crippen molar-refractivity contribution in [2.45, 2.75) is 91.9 Å². The van der Waals surface area contributed by atoms with E-state index in [2.05, 4.69) is 235 Å². The van der Waals surface area contributed by atoms with Crippen LogP contribution in [0.3, 0.4) is 0 Å². The van der Waals surface area contributed by atoms with Crippen molar-refractivity contribution in [3.05, 3.63) is 197 Å². The van der Waals surface area contributed by atoms with Gasteiger partial charge in [-0.25, -0.2) is 0 Å². The van der Waals surface area contributed by atoms with Gasteiger partial charge in [-0.05, 0) is 168 Å². The van der Waals surface area contributed by atoms with Crippen molar-refractivity contribution in [2.75, 3.05) is 9.80 Å². The molecule has 0 unspecified atom stereocenters. The van der Waals surface area contributed by atoms with Crippen LogP contribution in [0, 0.1) is 0 Å². The Balaban J connectivity index is 1.34. The van der Waals surface area contributed by atoms with Gasteiger partial charge in [0.05, 0.1) is 11.4 Å². The molecule has 11 aromatic rings. The first kappa shape index (κ1) is 42.2. The number of hydrogen-bond acceptors (Lipinski definition) is 2. The molecule has 1 aliphatic rings. The predicted octanol–water partition coefficient (Wildman–Crippen LogP) is 19.9. The number of nitrogens with zero attached hydrogens (tertiary/aromatic N) is 2. The number of allylic oxidation sites excluding steroid dienone is 1. The van der Waals surface area contributed by atoms with Gasteiger partial charge < -0.3 is 9.80 Å². The lowest BCUT2D eigenvalue weighted by Gasteiger charge is -2.33. The monoisotopic (exact) mass is 880 g/mol. The molecule has 0 aromatic heterocycles. The van der Waals surface area contributed by atoms with Crippen molar-refractivity contribution in [3.63, 3.8) is 0 Å². The fourth-order valence-electron chi connectivity index (χ4n) is 11.7. The molecule has 0 N–H and O–H groups in total. The molecule has 0 heterocycles. The Morgan fingerprint density at radius 1 is 0.353 bits per heavy atom. The summed E-state index contributed by atoms with van der Waals surface area (Å²) in [6, 6.07) is 61.3. The van der Waals surface area contributed by atoms with E-state index < -0.39 is 0 Å². The third-order valence-electron chi connectivity index (χ3n) is 15.3. The van der Waals surface area contributed by atoms with Gasteiger partial charge in [-0.2, -0.15) is 0 Å². The zero-order valence-electron chi connectivity index (χ0n) is 40.8. The number of rotatable bonds is 10. The van der Waals surface area contributed by atoms with Gasteiger partial charge in [0.2, 0.25) is 0 Å². The SMILES string of the molecule is CC(C)c1ccc(N(c2ccc(C(C)C)cc2)c2c3cc4c5c(c6cccc(c3c(N(c3ccc(C(C)C)cc3)c3ccc(C(C)C)cc3)c3c7cccc8cccc(c23)c87)c64)C=CCC5)cc1. The van der Waals surface area contributed by atoms with E-state index in [1.165, 1.54) is 109 Å². The lowest BCUT2D eigenvalue weighted by Crippen LogP contribution is -2.15. The van der Waals surface area contributed by atoms with E-state index in [-0.39, 0.29) is 0 Å². The smallest absolute Gasteiger partial charge is 0.0632 e. The molecule has 0 radical (unpaired) electrons. The van der Waals surface area contributed by atoms with Crippen LogP contribution < -0.4 is 9.80 Å². The van der Waals surface area contributed by atoms with Gasteiger partial charge >= 0.3 is 0 Å². The quantitative estimate of drug-likeness (QED) is 0.0997. The standard InChI is InChI=1S/C66H60N2/c1-39(2)43-22-30-48(31-23-43)67(49-32-24-44(25-33-49)40(3)4)65-59-38-58-53-17-10-9-16-52(53)54-18-13-21-57(61(54)58)62(59)66(64-56-20-12-15-47-14-11-19-55(60(47)56)63(64)65)68(50-34-26-45(27-35-50)41(5)6)51-36-28-46(29-37-51)42(7)8/h9,11-16,18-42H,10,17H2,1-8H3. The van der Waals surface area contributed by atoms with Crippen LogP contribution in [0.4, 0.5) is 34.1 Å². The molecule has 12 rings (SSSR count). The number of aryl methyl sites for hydroxylation is 1. The van der Waals surface area contributed by atoms with Crippen LogP contribution >= 0.6 is 0 Å². The molecule has 2 nitrogen and oxygen atoms in total. The Hall–Kier alpha value is -7.16. The highest BCUT2D eigenvalue weighted by Gasteiger charge is 2.32. The summed E-state index contributed by atoms with van der Waals surface area (Å²) in [5, 5.41) is 15.6. The maximum absolute atomic E-state index is 2.62. The Morgan fingerprint density at radius 2 is 0.750 bits per heavy atom. The van der Waals surface area contributed by atoms with E-state index in [4.69, 9.17) is 0 Å². The molecular formula is C66H60N2. The first-order valence-corrected chi connectivity index (χ1v) is 25.1. The average Bonchev–Trinajstić information content (AvgIpc) is 3.87. The van der Waals surface area contributed by atoms with Crippen molar-refractivity contribution in [1.82, 2.24) is 0 Å². The molecule has 0 bridgehead atoms. The molecule has 0 amide bonds. The van der Waals surface area contributed by atoms with E-state index in [0.29, 0.717) is 23.7 Å². The number of anilines is 6. The minimum absolute atomic E-state index is 0.421. The molecular weight excluding hydrogens is 821 g/mol. The van der Waals surface area contributed by atoms with Gasteiger partial charge in [-0.3, -0.25) is 0 Å². The lowest BCUT2D eigenvalue weighted by molar-refractivity contribution is 0.866. The van der Waals surface area contributed by atoms with Crippen LogP contribution in [0.2, 0.25) is 0 Å². The largest absolute Gasteiger partial charge is 0.309 e. The first-order valence-electron chi connectivity index (χ1n) is 25.1. The van der Waals surface area contributed by atoms with E-state index in [1.54, 1.807) is 0 Å². The van der Waals surface area contributed by atoms with Gasteiger partial charge in [0.15, 0.2) is 0 Å². The summed E-state index contributed by atoms with van der Waals surface area (Å²) in [5.41, 5.74) is 15.3. The third kappa shape index (κ3) is 6.51. The maximum Gasteiger partial charge on any atom is 0.0632 e. The lowest BCUT2D eigenvalue weighted by atomic mass is 9.90. The highest BCUT2D eigenvalue weighted by molar-refractivity contribution is 6.44. The van der Waals surface area contributed by atoms with Gasteiger partial charge in [0.25, 0.3) is 0 Å². The van der Waals surface area contributed by atoms with Crippen molar-refractivity contribution >= 4 is 105 Å². The number of fused-ring (bicyclic) bond motifs is 8. The van der Waals surface area contributed by atoms with Gasteiger partial charge in [0.1, 0.15) is 0 Å². The van der Waals surface area contributed by atoms with Crippen molar-refractivity contribution in [1.29, 1.82) is 0 Å². The summed E-state index contributed by atoms with van der Waals surface area (Å²) in [6.45, 7) is 18.3. The van der Waals surface area contributed by atoms with Gasteiger partial charge in [0, 0.05) is 44.3 Å². The second-order valence-electron chi connectivity index (χ2n) is 20.7. The van der Waals surface area contributed by atoms with Crippen LogP contribution in [0.5, 0.6) is 0 Å². The molecule has 0 saturated carbocycles. The van der Waals surface area contributed by atoms with Crippen molar-refractivity contribution in [3.8, 4) is 0 Å². The molecule has 334 valence electrons. The van der Waals surface area contributed by atoms with E-state index in [1.807, 2.05) is 0 Å². The van der Waals surface area contributed by atoms with Gasteiger partial charge in [-0.1, -0.05) is 171 Å². The number of benzene rings is 9. The minimum atomic E-state index is 0.421. The zero-order valence-corrected chi connectivity index (χ0v) is 40.8. The van der Waals surface area contributed by atoms with Crippen molar-refractivity contribution in [2.24, 2.45) is 0 Å². The van der Waals surface area contributed by atoms with Crippen LogP contribution in [0.1, 0.15) is 119 Å². The molecule has 0 saturated heterocycles. The summed E-state index contributed by atoms with van der Waals surface area (Å²) in [5.74, 6) is 1.69. The third-order valence-corrected chi connectivity index (χ3v) is 15.3. The van der Waals surface area contributed by atoms with Crippen LogP contribution in [-0.4, -0.2) is 0 Å². The number of hydrogen-bond donors (Lipinski definition) is 0. The molecule has 2 heteroatoms. The second kappa shape index (κ2) is 16.3. The van der Waals surface area contributed by atoms with Crippen molar-refractivity contribution < 1.29 is 0 Å². The molecule has 0 spiro atoms. The second-order valence-corrected chi connectivity index (χ2v) is 20.7. The van der Waals surface area contributed by atoms with Crippen LogP contribution in [0.15, 0.2) is 164 Å². The topological polar surface area (TPSA) is 6.48 Å². The predicted molar refractivity (Wildman–Crippen MR) is 297 cm³/mol. The Morgan fingerprint density at radius 3 is 1.21 bits per heavy atom. The minimum Gasteiger partial charge on any atom is -0.309 e. The summed E-state index contributed by atoms with van der Waals surface area (Å²) in [4.78, 5) is 5.22. The molecule has 1 aliphatic carbocycles. The Labute approximate surface area is 401 Å². The highest BCUT2D eigenvalue weighted by atomic mass is 15.2. The normalized spacial score (nSPS) is 13.1. The van der Waals surface area contributed by atoms with Gasteiger partial charge in [-0.15, -0.1) is 0 Å². The van der Waals surface area contributed by atoms with E-state index in [0.717, 1.165) is 35.6 Å². The maximum atomic E-state index is 2.62. The van der Waals surface area contributed by atoms with Crippen LogP contribution in [0.25, 0.3) is 70.7 Å². The molecule has 0 atom stereocenters. The Kier molecular flexibility index (Phi) is 10.1. The summed E-state index contributed by atoms with van der Waals surface area (Å²) in [7, 11) is 0. The fourth-order valence-corrected chi connectivity index (χ4v) is 11.7. The molecule has 0 fully saturated rings. The molecule has 11 aromatic carbocycles. The fraction of sp³-hybridized carbons (Fsp3) is 0.212. The average molecular weight is 881 g/mol. The van der Waals surface area contributed by atoms with Crippen LogP contribution in [-0.2, 0) is 6.42 Å². The summed E-state index contributed by atoms with van der Waals surface area (Å²) >= 11 is 0. The highest BCUT2D eigenvalue weighted by Crippen LogP contribution is 2.59. The molecule has 68 heavy (non-hydrogen) atoms.